The van der Waals surface area contributed by atoms with Gasteiger partial charge in [0.05, 0.1) is 19.2 Å². The summed E-state index contributed by atoms with van der Waals surface area (Å²) in [6, 6.07) is 0. The van der Waals surface area contributed by atoms with Crippen LogP contribution in [-0.4, -0.2) is 42.7 Å². The summed E-state index contributed by atoms with van der Waals surface area (Å²) in [5, 5.41) is 0.309. The van der Waals surface area contributed by atoms with Gasteiger partial charge in [0.1, 0.15) is 0 Å². The lowest BCUT2D eigenvalue weighted by atomic mass is 9.96. The predicted octanol–water partition coefficient (Wildman–Crippen LogP) is 1.85. The lowest BCUT2D eigenvalue weighted by Gasteiger charge is -2.54. The summed E-state index contributed by atoms with van der Waals surface area (Å²) < 4.78 is 12.6. The zero-order valence-electron chi connectivity index (χ0n) is 11.1. The van der Waals surface area contributed by atoms with E-state index in [2.05, 4.69) is 13.1 Å². The second kappa shape index (κ2) is 6.00. The maximum absolute atomic E-state index is 6.34. The van der Waals surface area contributed by atoms with Crippen LogP contribution in [0.4, 0.5) is 0 Å². The Morgan fingerprint density at radius 1 is 0.941 bits per heavy atom. The van der Waals surface area contributed by atoms with Crippen molar-refractivity contribution in [3.8, 4) is 0 Å². The van der Waals surface area contributed by atoms with Crippen LogP contribution in [0.1, 0.15) is 46.0 Å². The third-order valence-corrected chi connectivity index (χ3v) is 9.74. The minimum Gasteiger partial charge on any atom is -0.377 e. The van der Waals surface area contributed by atoms with Crippen molar-refractivity contribution in [1.29, 1.82) is 0 Å². The summed E-state index contributed by atoms with van der Waals surface area (Å²) in [6.45, 7) is 6.83. The Hall–Kier alpha value is 0.354. The van der Waals surface area contributed by atoms with Crippen molar-refractivity contribution in [2.45, 2.75) is 69.5 Å². The zero-order valence-corrected chi connectivity index (χ0v) is 14.2. The van der Waals surface area contributed by atoms with Crippen molar-refractivity contribution >= 4 is 19.0 Å². The molecule has 17 heavy (non-hydrogen) atoms. The molecule has 0 bridgehead atoms. The van der Waals surface area contributed by atoms with Gasteiger partial charge in [-0.05, 0) is 38.5 Å². The fraction of sp³-hybridized carbons (Fsp3) is 1.00. The minimum atomic E-state index is -0.841. The molecule has 0 N–H and O–H groups in total. The van der Waals surface area contributed by atoms with E-state index in [4.69, 9.17) is 9.47 Å². The Balaban J connectivity index is 0.00000144. The third kappa shape index (κ3) is 2.70. The Kier molecular flexibility index (Phi) is 5.44. The van der Waals surface area contributed by atoms with Gasteiger partial charge in [-0.1, -0.05) is 20.5 Å². The molecule has 2 aliphatic heterocycles. The highest BCUT2D eigenvalue weighted by Crippen LogP contribution is 2.42. The molecule has 2 saturated heterocycles. The number of ether oxygens (including phenoxy) is 2. The molecule has 4 heteroatoms. The Morgan fingerprint density at radius 3 is 1.94 bits per heavy atom. The molecule has 0 spiro atoms. The van der Waals surface area contributed by atoms with E-state index in [0.717, 1.165) is 23.5 Å². The molecular weight excluding hydrogens is 244 g/mol. The SMILES string of the molecule is C.C[SiH](C)C1(C2([SiH3])CCCCO2)CCCCO1. The maximum Gasteiger partial charge on any atom is 0.0791 e. The largest absolute Gasteiger partial charge is 0.377 e. The molecular formula is C13H30O2Si2. The van der Waals surface area contributed by atoms with Crippen molar-refractivity contribution in [3.05, 3.63) is 0 Å². The highest BCUT2D eigenvalue weighted by molar-refractivity contribution is 6.60. The fourth-order valence-electron chi connectivity index (χ4n) is 3.57. The van der Waals surface area contributed by atoms with Crippen LogP contribution in [-0.2, 0) is 9.47 Å². The van der Waals surface area contributed by atoms with Crippen LogP contribution in [0.15, 0.2) is 0 Å². The standard InChI is InChI=1S/C12H26O2Si2.CH4/c1-16(2)12(8-4-6-10-14-12)11(15)7-3-5-9-13-11;/h16H,3-10H2,1-2,15H3;1H4. The topological polar surface area (TPSA) is 18.5 Å². The summed E-state index contributed by atoms with van der Waals surface area (Å²) in [5.74, 6) is 0. The molecule has 0 aromatic rings. The minimum absolute atomic E-state index is 0. The first-order chi connectivity index (χ1) is 7.61. The Labute approximate surface area is 111 Å². The van der Waals surface area contributed by atoms with Gasteiger partial charge in [-0.25, -0.2) is 0 Å². The molecule has 0 radical (unpaired) electrons. The van der Waals surface area contributed by atoms with Gasteiger partial charge in [-0.15, -0.1) is 0 Å². The van der Waals surface area contributed by atoms with E-state index in [0.29, 0.717) is 0 Å². The Bertz CT molecular complexity index is 232. The van der Waals surface area contributed by atoms with Gasteiger partial charge in [0.25, 0.3) is 0 Å². The van der Waals surface area contributed by atoms with Crippen molar-refractivity contribution in [1.82, 2.24) is 0 Å². The Morgan fingerprint density at radius 2 is 1.53 bits per heavy atom. The zero-order chi connectivity index (χ0) is 11.6. The quantitative estimate of drug-likeness (QED) is 0.716. The van der Waals surface area contributed by atoms with Crippen molar-refractivity contribution in [2.24, 2.45) is 0 Å². The smallest absolute Gasteiger partial charge is 0.0791 e. The molecule has 2 unspecified atom stereocenters. The van der Waals surface area contributed by atoms with Gasteiger partial charge in [-0.3, -0.25) is 0 Å². The molecule has 0 aliphatic carbocycles. The molecule has 2 fully saturated rings. The van der Waals surface area contributed by atoms with Crippen molar-refractivity contribution in [3.63, 3.8) is 0 Å². The van der Waals surface area contributed by atoms with E-state index in [1.54, 1.807) is 0 Å². The van der Waals surface area contributed by atoms with Gasteiger partial charge < -0.3 is 9.47 Å². The number of hydrogen-bond donors (Lipinski definition) is 0. The van der Waals surface area contributed by atoms with Crippen LogP contribution in [0.25, 0.3) is 0 Å². The summed E-state index contributed by atoms with van der Waals surface area (Å²) in [7, 11) is 0.290. The second-order valence-corrected chi connectivity index (χ2v) is 10.7. The second-order valence-electron chi connectivity index (χ2n) is 5.89. The van der Waals surface area contributed by atoms with E-state index in [-0.39, 0.29) is 17.9 Å². The van der Waals surface area contributed by atoms with Gasteiger partial charge in [0.15, 0.2) is 0 Å². The van der Waals surface area contributed by atoms with Crippen molar-refractivity contribution in [2.75, 3.05) is 13.2 Å². The molecule has 2 rings (SSSR count). The average molecular weight is 275 g/mol. The first-order valence-corrected chi connectivity index (χ1v) is 10.8. The summed E-state index contributed by atoms with van der Waals surface area (Å²) in [5.41, 5.74) is 0. The van der Waals surface area contributed by atoms with Crippen LogP contribution < -0.4 is 0 Å². The lowest BCUT2D eigenvalue weighted by Crippen LogP contribution is -2.66. The monoisotopic (exact) mass is 274 g/mol. The van der Waals surface area contributed by atoms with E-state index < -0.39 is 8.80 Å². The van der Waals surface area contributed by atoms with E-state index in [9.17, 15) is 0 Å². The molecule has 102 valence electrons. The van der Waals surface area contributed by atoms with E-state index >= 15 is 0 Å². The van der Waals surface area contributed by atoms with Gasteiger partial charge in [-0.2, -0.15) is 0 Å². The molecule has 2 aliphatic rings. The third-order valence-electron chi connectivity index (χ3n) is 4.60. The van der Waals surface area contributed by atoms with Gasteiger partial charge in [0, 0.05) is 23.5 Å². The molecule has 0 amide bonds. The highest BCUT2D eigenvalue weighted by atomic mass is 28.3. The van der Waals surface area contributed by atoms with Gasteiger partial charge >= 0.3 is 0 Å². The van der Waals surface area contributed by atoms with Crippen LogP contribution in [0.3, 0.4) is 0 Å². The van der Waals surface area contributed by atoms with Crippen LogP contribution >= 0.6 is 0 Å². The van der Waals surface area contributed by atoms with E-state index in [1.807, 2.05) is 0 Å². The first-order valence-electron chi connectivity index (χ1n) is 6.89. The van der Waals surface area contributed by atoms with Crippen LogP contribution in [0, 0.1) is 0 Å². The van der Waals surface area contributed by atoms with E-state index in [1.165, 1.54) is 38.5 Å². The number of hydrogen-bond acceptors (Lipinski definition) is 2. The van der Waals surface area contributed by atoms with Crippen LogP contribution in [0.2, 0.25) is 13.1 Å². The molecule has 2 atom stereocenters. The fourth-order valence-corrected chi connectivity index (χ4v) is 8.93. The molecule has 0 saturated carbocycles. The molecule has 2 heterocycles. The molecule has 2 nitrogen and oxygen atoms in total. The number of rotatable bonds is 2. The average Bonchev–Trinajstić information content (AvgIpc) is 2.30. The van der Waals surface area contributed by atoms with Crippen molar-refractivity contribution < 1.29 is 9.47 Å². The van der Waals surface area contributed by atoms with Crippen LogP contribution in [0.5, 0.6) is 0 Å². The molecule has 0 aromatic carbocycles. The highest BCUT2D eigenvalue weighted by Gasteiger charge is 2.53. The summed E-state index contributed by atoms with van der Waals surface area (Å²) in [6.07, 6.45) is 7.71. The first kappa shape index (κ1) is 15.4. The maximum atomic E-state index is 6.34. The summed E-state index contributed by atoms with van der Waals surface area (Å²) in [4.78, 5) is 0. The van der Waals surface area contributed by atoms with Gasteiger partial charge in [0.2, 0.25) is 0 Å². The predicted molar refractivity (Wildman–Crippen MR) is 80.6 cm³/mol. The molecule has 0 aromatic heterocycles. The normalized spacial score (nSPS) is 39.0. The lowest BCUT2D eigenvalue weighted by molar-refractivity contribution is -0.160. The summed E-state index contributed by atoms with van der Waals surface area (Å²) >= 11 is 0.